The molecule has 4 heteroatoms. The maximum Gasteiger partial charge on any atom is 0.0585 e. The highest BCUT2D eigenvalue weighted by molar-refractivity contribution is 9.10. The van der Waals surface area contributed by atoms with Gasteiger partial charge < -0.3 is 16.2 Å². The molecule has 0 aliphatic carbocycles. The highest BCUT2D eigenvalue weighted by Crippen LogP contribution is 2.29. The summed E-state index contributed by atoms with van der Waals surface area (Å²) in [7, 11) is 0. The molecule has 3 nitrogen and oxygen atoms in total. The van der Waals surface area contributed by atoms with E-state index in [0.29, 0.717) is 0 Å². The summed E-state index contributed by atoms with van der Waals surface area (Å²) in [6.45, 7) is 5.13. The molecule has 0 atom stereocenters. The van der Waals surface area contributed by atoms with E-state index in [9.17, 15) is 5.11 Å². The van der Waals surface area contributed by atoms with Gasteiger partial charge in [-0.3, -0.25) is 0 Å². The van der Waals surface area contributed by atoms with Gasteiger partial charge in [-0.1, -0.05) is 29.8 Å². The first-order valence-corrected chi connectivity index (χ1v) is 6.76. The van der Waals surface area contributed by atoms with E-state index < -0.39 is 0 Å². The fourth-order valence-electron chi connectivity index (χ4n) is 1.74. The molecule has 0 fully saturated rings. The normalized spacial score (nSPS) is 11.5. The molecule has 96 valence electrons. The molecule has 0 bridgehead atoms. The average molecular weight is 301 g/mol. The number of hydrogen-bond donors (Lipinski definition) is 3. The summed E-state index contributed by atoms with van der Waals surface area (Å²) in [5.41, 5.74) is 7.48. The minimum atomic E-state index is -0.0608. The van der Waals surface area contributed by atoms with Gasteiger partial charge in [-0.15, -0.1) is 0 Å². The van der Waals surface area contributed by atoms with Crippen molar-refractivity contribution < 1.29 is 5.11 Å². The van der Waals surface area contributed by atoms with Crippen LogP contribution in [-0.2, 0) is 0 Å². The Morgan fingerprint density at radius 2 is 2.00 bits per heavy atom. The number of nitrogen functional groups attached to an aromatic ring is 1. The Hall–Kier alpha value is -0.740. The third-order valence-corrected chi connectivity index (χ3v) is 4.00. The van der Waals surface area contributed by atoms with Gasteiger partial charge in [-0.2, -0.15) is 0 Å². The second kappa shape index (κ2) is 6.26. The number of halogens is 1. The van der Waals surface area contributed by atoms with Crippen LogP contribution in [0.4, 0.5) is 11.4 Å². The lowest BCUT2D eigenvalue weighted by Gasteiger charge is -2.30. The number of rotatable bonds is 6. The van der Waals surface area contributed by atoms with E-state index in [0.717, 1.165) is 35.2 Å². The Labute approximate surface area is 112 Å². The Kier molecular flexibility index (Phi) is 5.28. The second-order valence-electron chi connectivity index (χ2n) is 4.45. The third kappa shape index (κ3) is 3.61. The van der Waals surface area contributed by atoms with E-state index >= 15 is 0 Å². The van der Waals surface area contributed by atoms with Crippen molar-refractivity contribution in [3.8, 4) is 0 Å². The van der Waals surface area contributed by atoms with Gasteiger partial charge in [0.25, 0.3) is 0 Å². The molecule has 0 aromatic heterocycles. The number of aliphatic hydroxyl groups excluding tert-OH is 1. The highest BCUT2D eigenvalue weighted by atomic mass is 79.9. The highest BCUT2D eigenvalue weighted by Gasteiger charge is 2.25. The minimum absolute atomic E-state index is 0.0608. The molecule has 0 amide bonds. The van der Waals surface area contributed by atoms with E-state index in [1.54, 1.807) is 0 Å². The van der Waals surface area contributed by atoms with Crippen LogP contribution in [0.2, 0.25) is 0 Å². The van der Waals surface area contributed by atoms with Crippen molar-refractivity contribution in [2.24, 2.45) is 5.41 Å². The topological polar surface area (TPSA) is 58.3 Å². The van der Waals surface area contributed by atoms with E-state index in [1.807, 2.05) is 18.2 Å². The number of nitrogens with one attached hydrogen (secondary N) is 1. The zero-order chi connectivity index (χ0) is 12.9. The van der Waals surface area contributed by atoms with Crippen LogP contribution in [0.15, 0.2) is 22.7 Å². The van der Waals surface area contributed by atoms with Crippen LogP contribution < -0.4 is 11.1 Å². The monoisotopic (exact) mass is 300 g/mol. The van der Waals surface area contributed by atoms with Gasteiger partial charge in [-0.25, -0.2) is 0 Å². The van der Waals surface area contributed by atoms with Crippen molar-refractivity contribution in [3.05, 3.63) is 22.7 Å². The van der Waals surface area contributed by atoms with E-state index in [1.165, 1.54) is 0 Å². The molecule has 0 aliphatic heterocycles. The number of aliphatic hydroxyl groups is 1. The molecule has 0 unspecified atom stereocenters. The predicted octanol–water partition coefficient (Wildman–Crippen LogP) is 3.24. The zero-order valence-electron chi connectivity index (χ0n) is 10.5. The van der Waals surface area contributed by atoms with Gasteiger partial charge in [0, 0.05) is 16.4 Å². The van der Waals surface area contributed by atoms with Crippen molar-refractivity contribution in [2.75, 3.05) is 24.2 Å². The number of nitrogens with two attached hydrogens (primary N) is 1. The molecular weight excluding hydrogens is 280 g/mol. The van der Waals surface area contributed by atoms with E-state index in [2.05, 4.69) is 35.1 Å². The van der Waals surface area contributed by atoms with Crippen LogP contribution in [-0.4, -0.2) is 18.3 Å². The molecular formula is C13H21BrN2O. The lowest BCUT2D eigenvalue weighted by atomic mass is 9.83. The van der Waals surface area contributed by atoms with E-state index in [4.69, 9.17) is 5.73 Å². The molecule has 0 spiro atoms. The average Bonchev–Trinajstić information content (AvgIpc) is 2.35. The maximum atomic E-state index is 9.50. The molecule has 1 aromatic carbocycles. The van der Waals surface area contributed by atoms with Crippen LogP contribution in [0.1, 0.15) is 26.7 Å². The molecule has 4 N–H and O–H groups in total. The second-order valence-corrected chi connectivity index (χ2v) is 5.37. The fourth-order valence-corrected chi connectivity index (χ4v) is 2.10. The summed E-state index contributed by atoms with van der Waals surface area (Å²) in [5, 5.41) is 12.8. The van der Waals surface area contributed by atoms with Crippen molar-refractivity contribution in [2.45, 2.75) is 26.7 Å². The smallest absolute Gasteiger partial charge is 0.0585 e. The van der Waals surface area contributed by atoms with Crippen molar-refractivity contribution in [1.82, 2.24) is 0 Å². The van der Waals surface area contributed by atoms with Crippen molar-refractivity contribution >= 4 is 27.3 Å². The summed E-state index contributed by atoms with van der Waals surface area (Å²) in [4.78, 5) is 0. The predicted molar refractivity (Wildman–Crippen MR) is 77.1 cm³/mol. The van der Waals surface area contributed by atoms with Crippen LogP contribution in [0.25, 0.3) is 0 Å². The van der Waals surface area contributed by atoms with Gasteiger partial charge in [-0.05, 0) is 31.0 Å². The Bertz CT molecular complexity index is 356. The van der Waals surface area contributed by atoms with E-state index in [-0.39, 0.29) is 12.0 Å². The zero-order valence-corrected chi connectivity index (χ0v) is 12.0. The lowest BCUT2D eigenvalue weighted by molar-refractivity contribution is 0.127. The molecule has 1 aromatic rings. The summed E-state index contributed by atoms with van der Waals surface area (Å²) >= 11 is 3.42. The molecule has 0 heterocycles. The fraction of sp³-hybridized carbons (Fsp3) is 0.538. The van der Waals surface area contributed by atoms with Crippen molar-refractivity contribution in [3.63, 3.8) is 0 Å². The first-order chi connectivity index (χ1) is 8.06. The van der Waals surface area contributed by atoms with Gasteiger partial charge in [0.1, 0.15) is 0 Å². The third-order valence-electron chi connectivity index (χ3n) is 3.50. The summed E-state index contributed by atoms with van der Waals surface area (Å²) in [6.07, 6.45) is 1.89. The van der Waals surface area contributed by atoms with Gasteiger partial charge in [0.2, 0.25) is 0 Å². The van der Waals surface area contributed by atoms with Crippen LogP contribution >= 0.6 is 15.9 Å². The lowest BCUT2D eigenvalue weighted by Crippen LogP contribution is -2.32. The summed E-state index contributed by atoms with van der Waals surface area (Å²) in [5.74, 6) is 0. The minimum Gasteiger partial charge on any atom is -0.397 e. The molecule has 0 saturated carbocycles. The Morgan fingerprint density at radius 1 is 1.35 bits per heavy atom. The van der Waals surface area contributed by atoms with Crippen LogP contribution in [0.3, 0.4) is 0 Å². The van der Waals surface area contributed by atoms with Crippen LogP contribution in [0.5, 0.6) is 0 Å². The summed E-state index contributed by atoms with van der Waals surface area (Å²) < 4.78 is 0.997. The Morgan fingerprint density at radius 3 is 2.53 bits per heavy atom. The largest absolute Gasteiger partial charge is 0.397 e. The first-order valence-electron chi connectivity index (χ1n) is 5.96. The molecule has 0 radical (unpaired) electrons. The van der Waals surface area contributed by atoms with Gasteiger partial charge >= 0.3 is 0 Å². The number of hydrogen-bond acceptors (Lipinski definition) is 3. The van der Waals surface area contributed by atoms with Crippen molar-refractivity contribution in [1.29, 1.82) is 0 Å². The molecule has 17 heavy (non-hydrogen) atoms. The quantitative estimate of drug-likeness (QED) is 0.707. The first kappa shape index (κ1) is 14.3. The summed E-state index contributed by atoms with van der Waals surface area (Å²) in [6, 6.07) is 5.74. The SMILES string of the molecule is CCC(CC)(CO)CNc1cc(Br)ccc1N. The number of anilines is 2. The molecule has 0 saturated heterocycles. The van der Waals surface area contributed by atoms with Gasteiger partial charge in [0.05, 0.1) is 18.0 Å². The Balaban J connectivity index is 2.75. The standard InChI is InChI=1S/C13H21BrN2O/c1-3-13(4-2,9-17)8-16-12-7-10(14)5-6-11(12)15/h5-7,16-17H,3-4,8-9,15H2,1-2H3. The van der Waals surface area contributed by atoms with Crippen LogP contribution in [0, 0.1) is 5.41 Å². The number of benzene rings is 1. The maximum absolute atomic E-state index is 9.50. The van der Waals surface area contributed by atoms with Gasteiger partial charge in [0.15, 0.2) is 0 Å². The molecule has 0 aliphatic rings. The molecule has 1 rings (SSSR count).